The van der Waals surface area contributed by atoms with E-state index >= 15 is 0 Å². The van der Waals surface area contributed by atoms with Crippen LogP contribution in [0.1, 0.15) is 29.6 Å². The average Bonchev–Trinajstić information content (AvgIpc) is 2.39. The Morgan fingerprint density at radius 3 is 3.00 bits per heavy atom. The molecule has 1 unspecified atom stereocenters. The molecule has 98 valence electrons. The first kappa shape index (κ1) is 13.4. The van der Waals surface area contributed by atoms with Gasteiger partial charge in [-0.15, -0.1) is 0 Å². The average molecular weight is 267 g/mol. The number of nitrogens with zero attached hydrogens (tertiary/aromatic N) is 1. The van der Waals surface area contributed by atoms with E-state index < -0.39 is 0 Å². The third-order valence-corrected chi connectivity index (χ3v) is 3.56. The third kappa shape index (κ3) is 3.47. The Bertz CT molecular complexity index is 416. The van der Waals surface area contributed by atoms with Crippen LogP contribution in [0.5, 0.6) is 0 Å². The number of hydrogen-bond donors (Lipinski definition) is 1. The predicted octanol–water partition coefficient (Wildman–Crippen LogP) is 2.55. The van der Waals surface area contributed by atoms with Crippen molar-refractivity contribution in [2.24, 2.45) is 0 Å². The van der Waals surface area contributed by atoms with Crippen molar-refractivity contribution in [3.8, 4) is 0 Å². The van der Waals surface area contributed by atoms with Crippen molar-refractivity contribution in [3.63, 3.8) is 0 Å². The lowest BCUT2D eigenvalue weighted by Gasteiger charge is -2.28. The molecule has 1 aliphatic heterocycles. The normalized spacial score (nSPS) is 19.6. The highest BCUT2D eigenvalue weighted by Gasteiger charge is 2.18. The predicted molar refractivity (Wildman–Crippen MR) is 74.1 cm³/mol. The van der Waals surface area contributed by atoms with Crippen molar-refractivity contribution in [1.82, 2.24) is 10.2 Å². The van der Waals surface area contributed by atoms with Crippen LogP contribution in [0.15, 0.2) is 24.3 Å². The van der Waals surface area contributed by atoms with Crippen LogP contribution in [0.2, 0.25) is 5.02 Å². The number of nitrogens with one attached hydrogen (secondary N) is 1. The first-order valence-corrected chi connectivity index (χ1v) is 6.79. The van der Waals surface area contributed by atoms with Gasteiger partial charge in [0.1, 0.15) is 0 Å². The second kappa shape index (κ2) is 6.21. The number of hydrogen-bond acceptors (Lipinski definition) is 2. The van der Waals surface area contributed by atoms with Gasteiger partial charge in [0.05, 0.1) is 0 Å². The quantitative estimate of drug-likeness (QED) is 0.912. The highest BCUT2D eigenvalue weighted by Crippen LogP contribution is 2.13. The summed E-state index contributed by atoms with van der Waals surface area (Å²) in [5.74, 6) is 0.0323. The molecule has 1 aromatic rings. The Morgan fingerprint density at radius 2 is 2.33 bits per heavy atom. The van der Waals surface area contributed by atoms with Gasteiger partial charge in [0.25, 0.3) is 5.91 Å². The zero-order valence-corrected chi connectivity index (χ0v) is 11.4. The summed E-state index contributed by atoms with van der Waals surface area (Å²) >= 11 is 5.90. The van der Waals surface area contributed by atoms with Crippen LogP contribution in [0, 0.1) is 0 Å². The van der Waals surface area contributed by atoms with E-state index in [0.29, 0.717) is 16.6 Å². The molecule has 1 aromatic carbocycles. The van der Waals surface area contributed by atoms with E-state index in [9.17, 15) is 4.79 Å². The van der Waals surface area contributed by atoms with Crippen LogP contribution in [-0.2, 0) is 0 Å². The first-order chi connectivity index (χ1) is 8.66. The largest absolute Gasteiger partial charge is 0.340 e. The van der Waals surface area contributed by atoms with Crippen LogP contribution in [0.3, 0.4) is 0 Å². The standard InChI is InChI=1S/C14H19ClN2O/c1-17(10-13-7-2-3-8-16-13)14(18)11-5-4-6-12(15)9-11/h4-6,9,13,16H,2-3,7-8,10H2,1H3. The van der Waals surface area contributed by atoms with E-state index in [2.05, 4.69) is 5.32 Å². The fourth-order valence-electron chi connectivity index (χ4n) is 2.34. The fraction of sp³-hybridized carbons (Fsp3) is 0.500. The molecule has 2 rings (SSSR count). The maximum Gasteiger partial charge on any atom is 0.253 e. The second-order valence-electron chi connectivity index (χ2n) is 4.84. The topological polar surface area (TPSA) is 32.3 Å². The maximum atomic E-state index is 12.2. The van der Waals surface area contributed by atoms with Gasteiger partial charge in [-0.05, 0) is 37.6 Å². The lowest BCUT2D eigenvalue weighted by molar-refractivity contribution is 0.0775. The highest BCUT2D eigenvalue weighted by atomic mass is 35.5. The molecule has 0 spiro atoms. The summed E-state index contributed by atoms with van der Waals surface area (Å²) in [5, 5.41) is 4.05. The molecule has 0 aliphatic carbocycles. The molecule has 3 nitrogen and oxygen atoms in total. The Labute approximate surface area is 113 Å². The number of rotatable bonds is 3. The van der Waals surface area contributed by atoms with Gasteiger partial charge < -0.3 is 10.2 Å². The molecular formula is C14H19ClN2O. The first-order valence-electron chi connectivity index (χ1n) is 6.41. The van der Waals surface area contributed by atoms with Gasteiger partial charge in [0.2, 0.25) is 0 Å². The van der Waals surface area contributed by atoms with Crippen molar-refractivity contribution in [3.05, 3.63) is 34.9 Å². The molecule has 1 aliphatic rings. The lowest BCUT2D eigenvalue weighted by Crippen LogP contribution is -2.44. The molecule has 18 heavy (non-hydrogen) atoms. The van der Waals surface area contributed by atoms with E-state index in [-0.39, 0.29) is 5.91 Å². The Morgan fingerprint density at radius 1 is 1.50 bits per heavy atom. The molecule has 1 atom stereocenters. The summed E-state index contributed by atoms with van der Waals surface area (Å²) in [7, 11) is 1.85. The van der Waals surface area contributed by atoms with Crippen molar-refractivity contribution >= 4 is 17.5 Å². The summed E-state index contributed by atoms with van der Waals surface area (Å²) in [6.45, 7) is 1.81. The minimum atomic E-state index is 0.0323. The molecular weight excluding hydrogens is 248 g/mol. The van der Waals surface area contributed by atoms with E-state index in [0.717, 1.165) is 19.5 Å². The summed E-state index contributed by atoms with van der Waals surface area (Å²) in [6, 6.07) is 7.53. The molecule has 1 amide bonds. The molecule has 0 aromatic heterocycles. The summed E-state index contributed by atoms with van der Waals surface area (Å²) in [4.78, 5) is 14.0. The van der Waals surface area contributed by atoms with Gasteiger partial charge in [-0.1, -0.05) is 24.1 Å². The summed E-state index contributed by atoms with van der Waals surface area (Å²) in [6.07, 6.45) is 3.63. The number of carbonyl (C=O) groups is 1. The SMILES string of the molecule is CN(CC1CCCCN1)C(=O)c1cccc(Cl)c1. The van der Waals surface area contributed by atoms with Gasteiger partial charge in [-0.2, -0.15) is 0 Å². The third-order valence-electron chi connectivity index (χ3n) is 3.32. The highest BCUT2D eigenvalue weighted by molar-refractivity contribution is 6.30. The van der Waals surface area contributed by atoms with E-state index in [1.807, 2.05) is 13.1 Å². The van der Waals surface area contributed by atoms with Gasteiger partial charge >= 0.3 is 0 Å². The minimum Gasteiger partial charge on any atom is -0.340 e. The van der Waals surface area contributed by atoms with E-state index in [1.165, 1.54) is 12.8 Å². The van der Waals surface area contributed by atoms with Gasteiger partial charge in [0.15, 0.2) is 0 Å². The van der Waals surface area contributed by atoms with E-state index in [4.69, 9.17) is 11.6 Å². The smallest absolute Gasteiger partial charge is 0.253 e. The second-order valence-corrected chi connectivity index (χ2v) is 5.28. The zero-order chi connectivity index (χ0) is 13.0. The number of piperidine rings is 1. The van der Waals surface area contributed by atoms with Crippen LogP contribution in [-0.4, -0.2) is 37.0 Å². The molecule has 1 heterocycles. The Hall–Kier alpha value is -1.06. The molecule has 0 bridgehead atoms. The van der Waals surface area contributed by atoms with Crippen molar-refractivity contribution < 1.29 is 4.79 Å². The van der Waals surface area contributed by atoms with Gasteiger partial charge in [-0.3, -0.25) is 4.79 Å². The monoisotopic (exact) mass is 266 g/mol. The number of carbonyl (C=O) groups excluding carboxylic acids is 1. The molecule has 0 saturated carbocycles. The molecule has 1 saturated heterocycles. The Balaban J connectivity index is 1.95. The number of benzene rings is 1. The molecule has 4 heteroatoms. The van der Waals surface area contributed by atoms with Gasteiger partial charge in [-0.25, -0.2) is 0 Å². The molecule has 0 radical (unpaired) electrons. The van der Waals surface area contributed by atoms with Crippen LogP contribution in [0.4, 0.5) is 0 Å². The number of likely N-dealkylation sites (N-methyl/N-ethyl adjacent to an activating group) is 1. The van der Waals surface area contributed by atoms with E-state index in [1.54, 1.807) is 23.1 Å². The number of amides is 1. The Kier molecular flexibility index (Phi) is 4.61. The maximum absolute atomic E-state index is 12.2. The van der Waals surface area contributed by atoms with Crippen molar-refractivity contribution in [2.75, 3.05) is 20.1 Å². The fourth-order valence-corrected chi connectivity index (χ4v) is 2.53. The van der Waals surface area contributed by atoms with Crippen LogP contribution in [0.25, 0.3) is 0 Å². The zero-order valence-electron chi connectivity index (χ0n) is 10.7. The minimum absolute atomic E-state index is 0.0323. The van der Waals surface area contributed by atoms with Crippen molar-refractivity contribution in [1.29, 1.82) is 0 Å². The van der Waals surface area contributed by atoms with Crippen LogP contribution < -0.4 is 5.32 Å². The molecule has 1 N–H and O–H groups in total. The summed E-state index contributed by atoms with van der Waals surface area (Å²) < 4.78 is 0. The number of halogens is 1. The van der Waals surface area contributed by atoms with Crippen molar-refractivity contribution in [2.45, 2.75) is 25.3 Å². The molecule has 1 fully saturated rings. The van der Waals surface area contributed by atoms with Gasteiger partial charge in [0, 0.05) is 30.2 Å². The summed E-state index contributed by atoms with van der Waals surface area (Å²) in [5.41, 5.74) is 0.654. The van der Waals surface area contributed by atoms with Crippen LogP contribution >= 0.6 is 11.6 Å². The lowest BCUT2D eigenvalue weighted by atomic mass is 10.0.